The molecule has 5 aromatic rings. The lowest BCUT2D eigenvalue weighted by Crippen LogP contribution is -2.56. The normalized spacial score (nSPS) is 18.0. The van der Waals surface area contributed by atoms with Crippen LogP contribution in [-0.4, -0.2) is 93.3 Å². The average Bonchev–Trinajstić information content (AvgIpc) is 4.10. The first-order valence-corrected chi connectivity index (χ1v) is 22.3. The number of hydrogen-bond donors (Lipinski definition) is 5. The van der Waals surface area contributed by atoms with E-state index >= 15 is 0 Å². The summed E-state index contributed by atoms with van der Waals surface area (Å²) in [6.45, 7) is 8.62. The summed E-state index contributed by atoms with van der Waals surface area (Å²) in [7, 11) is 2.58. The minimum atomic E-state index is -0.757. The number of thiazole rings is 1. The maximum Gasteiger partial charge on any atom is 0.407 e. The Kier molecular flexibility index (Phi) is 12.3. The van der Waals surface area contributed by atoms with Crippen molar-refractivity contribution in [2.75, 3.05) is 27.4 Å². The van der Waals surface area contributed by atoms with Crippen molar-refractivity contribution in [2.45, 2.75) is 103 Å². The summed E-state index contributed by atoms with van der Waals surface area (Å²) < 4.78 is 15.9. The zero-order valence-corrected chi connectivity index (χ0v) is 36.9. The number of amides is 4. The second kappa shape index (κ2) is 17.8. The number of nitrogens with zero attached hydrogens (tertiary/aromatic N) is 4. The fraction of sp³-hybridized carbons (Fsp3) is 0.489. The molecule has 5 N–H and O–H groups in total. The number of benzene rings is 2. The number of carbonyl (C=O) groups is 4. The molecule has 16 nitrogen and oxygen atoms in total. The molecule has 3 atom stereocenters. The summed E-state index contributed by atoms with van der Waals surface area (Å²) in [5.74, 6) is 1.49. The first kappa shape index (κ1) is 42.7. The number of rotatable bonds is 11. The highest BCUT2D eigenvalue weighted by Gasteiger charge is 2.41. The minimum Gasteiger partial charge on any atom is -0.492 e. The first-order valence-electron chi connectivity index (χ1n) is 21.5. The van der Waals surface area contributed by atoms with Crippen LogP contribution in [0.1, 0.15) is 96.0 Å². The molecule has 0 bridgehead atoms. The lowest BCUT2D eigenvalue weighted by Gasteiger charge is -2.38. The fourth-order valence-corrected chi connectivity index (χ4v) is 9.87. The van der Waals surface area contributed by atoms with Gasteiger partial charge < -0.3 is 45.0 Å². The Hall–Kier alpha value is -5.97. The van der Waals surface area contributed by atoms with Gasteiger partial charge in [0.2, 0.25) is 11.8 Å². The molecule has 328 valence electrons. The minimum absolute atomic E-state index is 0.123. The van der Waals surface area contributed by atoms with Crippen molar-refractivity contribution >= 4 is 46.4 Å². The number of aromatic amines is 2. The van der Waals surface area contributed by atoms with Gasteiger partial charge in [-0.3, -0.25) is 9.59 Å². The highest BCUT2D eigenvalue weighted by molar-refractivity contribution is 7.18. The predicted molar refractivity (Wildman–Crippen MR) is 234 cm³/mol. The van der Waals surface area contributed by atoms with Crippen molar-refractivity contribution in [2.24, 2.45) is 11.8 Å². The third-order valence-corrected chi connectivity index (χ3v) is 13.4. The van der Waals surface area contributed by atoms with Crippen molar-refractivity contribution < 1.29 is 33.4 Å². The Bertz CT molecular complexity index is 2470. The number of imidazole rings is 2. The van der Waals surface area contributed by atoms with Gasteiger partial charge in [-0.25, -0.2) is 24.5 Å². The maximum absolute atomic E-state index is 13.8. The van der Waals surface area contributed by atoms with Gasteiger partial charge in [0.25, 0.3) is 0 Å². The van der Waals surface area contributed by atoms with E-state index in [0.29, 0.717) is 25.4 Å². The van der Waals surface area contributed by atoms with Crippen LogP contribution in [0.25, 0.3) is 43.3 Å². The zero-order chi connectivity index (χ0) is 43.7. The topological polar surface area (TPSA) is 206 Å². The number of ether oxygens (including phenoxy) is 3. The van der Waals surface area contributed by atoms with Crippen molar-refractivity contribution in [3.8, 4) is 38.0 Å². The number of methoxy groups -OCH3 is 2. The molecule has 8 rings (SSSR count). The van der Waals surface area contributed by atoms with Crippen molar-refractivity contribution in [3.05, 3.63) is 59.9 Å². The molecular weight excluding hydrogens is 811 g/mol. The number of fused-ring (bicyclic) bond motifs is 4. The molecule has 0 spiro atoms. The maximum atomic E-state index is 13.8. The third-order valence-electron chi connectivity index (χ3n) is 12.3. The first-order chi connectivity index (χ1) is 29.9. The molecule has 3 aliphatic rings. The quantitative estimate of drug-likeness (QED) is 0.0891. The monoisotopic (exact) mass is 865 g/mol. The van der Waals surface area contributed by atoms with E-state index in [1.54, 1.807) is 11.3 Å². The second-order valence-corrected chi connectivity index (χ2v) is 18.2. The van der Waals surface area contributed by atoms with Crippen LogP contribution in [0.15, 0.2) is 42.6 Å². The van der Waals surface area contributed by atoms with Crippen LogP contribution in [0.4, 0.5) is 9.59 Å². The Balaban J connectivity index is 1.01. The van der Waals surface area contributed by atoms with E-state index in [1.165, 1.54) is 14.2 Å². The summed E-state index contributed by atoms with van der Waals surface area (Å²) in [5.41, 5.74) is 5.52. The van der Waals surface area contributed by atoms with Gasteiger partial charge in [-0.1, -0.05) is 53.0 Å². The average molecular weight is 866 g/mol. The van der Waals surface area contributed by atoms with E-state index in [-0.39, 0.29) is 29.7 Å². The van der Waals surface area contributed by atoms with Crippen LogP contribution in [0.3, 0.4) is 0 Å². The molecule has 2 aromatic carbocycles. The van der Waals surface area contributed by atoms with Crippen molar-refractivity contribution in [1.82, 2.24) is 45.8 Å². The van der Waals surface area contributed by atoms with Crippen molar-refractivity contribution in [1.29, 1.82) is 0 Å². The molecule has 0 radical (unpaired) electrons. The summed E-state index contributed by atoms with van der Waals surface area (Å²) >= 11 is 1.58. The molecule has 3 aromatic heterocycles. The molecule has 2 fully saturated rings. The number of hydrogen-bond acceptors (Lipinski definition) is 11. The number of likely N-dealkylation sites (tertiary alicyclic amines) is 1. The Morgan fingerprint density at radius 3 is 2.34 bits per heavy atom. The van der Waals surface area contributed by atoms with Crippen LogP contribution in [0, 0.1) is 11.8 Å². The fourth-order valence-electron chi connectivity index (χ4n) is 8.96. The van der Waals surface area contributed by atoms with Crippen LogP contribution in [0.2, 0.25) is 0 Å². The molecule has 1 aliphatic carbocycles. The highest BCUT2D eigenvalue weighted by atomic mass is 32.1. The molecule has 5 heterocycles. The molecule has 0 unspecified atom stereocenters. The molecular formula is C45H55N9O7S. The molecule has 62 heavy (non-hydrogen) atoms. The van der Waals surface area contributed by atoms with Gasteiger partial charge in [-0.15, -0.1) is 11.3 Å². The molecule has 17 heteroatoms. The van der Waals surface area contributed by atoms with E-state index in [2.05, 4.69) is 38.1 Å². The van der Waals surface area contributed by atoms with Gasteiger partial charge in [0.15, 0.2) is 0 Å². The summed E-state index contributed by atoms with van der Waals surface area (Å²) in [5, 5.41) is 9.55. The summed E-state index contributed by atoms with van der Waals surface area (Å²) in [4.78, 5) is 76.4. The number of aromatic nitrogens is 5. The Morgan fingerprint density at radius 1 is 0.887 bits per heavy atom. The number of nitrogens with one attached hydrogen (secondary N) is 5. The van der Waals surface area contributed by atoms with Gasteiger partial charge in [-0.05, 0) is 73.4 Å². The summed E-state index contributed by atoms with van der Waals surface area (Å²) in [6.07, 6.45) is 7.23. The van der Waals surface area contributed by atoms with Crippen molar-refractivity contribution in [3.63, 3.8) is 0 Å². The largest absolute Gasteiger partial charge is 0.492 e. The van der Waals surface area contributed by atoms with Crippen LogP contribution < -0.4 is 20.7 Å². The molecule has 1 saturated heterocycles. The zero-order valence-electron chi connectivity index (χ0n) is 36.1. The van der Waals surface area contributed by atoms with Gasteiger partial charge in [0.1, 0.15) is 34.5 Å². The molecule has 4 amide bonds. The second-order valence-electron chi connectivity index (χ2n) is 17.1. The van der Waals surface area contributed by atoms with Crippen LogP contribution in [0.5, 0.6) is 5.75 Å². The SMILES string of the molecule is COC(=O)N[C@H](C(=O)NC1(c2nc3cc(-c4ncc(-c5ccc6c(c5)OCCc5nc([C@@H]7CCCN7C(=O)[C@@H](NC(=O)OC)C(C)C)[nH]c5-6)s4)ccc3[nH]2)CCCCC1)C(C)C. The van der Waals surface area contributed by atoms with Gasteiger partial charge >= 0.3 is 12.2 Å². The van der Waals surface area contributed by atoms with Gasteiger partial charge in [0.05, 0.1) is 59.7 Å². The summed E-state index contributed by atoms with van der Waals surface area (Å²) in [6, 6.07) is 10.5. The number of carbonyl (C=O) groups excluding carboxylic acids is 4. The highest BCUT2D eigenvalue weighted by Crippen LogP contribution is 2.42. The van der Waals surface area contributed by atoms with E-state index in [9.17, 15) is 19.2 Å². The number of alkyl carbamates (subject to hydrolysis) is 2. The van der Waals surface area contributed by atoms with Gasteiger partial charge in [-0.2, -0.15) is 0 Å². The number of H-pyrrole nitrogens is 2. The molecule has 1 saturated carbocycles. The van der Waals surface area contributed by atoms with Crippen LogP contribution >= 0.6 is 11.3 Å². The van der Waals surface area contributed by atoms with E-state index in [1.807, 2.05) is 63.1 Å². The lowest BCUT2D eigenvalue weighted by atomic mass is 9.80. The predicted octanol–water partition coefficient (Wildman–Crippen LogP) is 7.38. The third kappa shape index (κ3) is 8.46. The van der Waals surface area contributed by atoms with Crippen LogP contribution in [-0.2, 0) is 31.0 Å². The smallest absolute Gasteiger partial charge is 0.407 e. The standard InChI is InChI=1S/C45H55N9O7S/c1-24(2)35(51-43(57)59-5)39(55)53-45(17-8-7-9-18-45)42-48-29-15-13-27(21-31(29)49-42)40-46-23-34(62-40)26-12-14-28-33(22-26)61-20-16-30-37(28)50-38(47-30)32-11-10-19-54(32)41(56)36(25(3)4)52-44(58)60-6/h12-15,21-25,32,35-36H,7-11,16-20H2,1-6H3,(H,47,50)(H,48,49)(H,51,57)(H,52,58)(H,53,55)/t32-,35-,36-/m0/s1. The Labute approximate surface area is 364 Å². The lowest BCUT2D eigenvalue weighted by molar-refractivity contribution is -0.135. The van der Waals surface area contributed by atoms with E-state index < -0.39 is 29.8 Å². The van der Waals surface area contributed by atoms with E-state index in [0.717, 1.165) is 106 Å². The van der Waals surface area contributed by atoms with Gasteiger partial charge in [0, 0.05) is 30.3 Å². The van der Waals surface area contributed by atoms with E-state index in [4.69, 9.17) is 29.2 Å². The Morgan fingerprint density at radius 2 is 1.61 bits per heavy atom. The molecule has 2 aliphatic heterocycles.